The number of rotatable bonds is 0. The van der Waals surface area contributed by atoms with Crippen LogP contribution >= 0.6 is 22.6 Å². The van der Waals surface area contributed by atoms with E-state index < -0.39 is 10.4 Å². The molecule has 88 valence electrons. The van der Waals surface area contributed by atoms with Crippen LogP contribution in [0.1, 0.15) is 0 Å². The standard InChI is InChI=1S/C5H4IN5.H2O4S/c6-4-9-2-1-8-5(7)11-3(2)10-4;1-5(2,3)4/h1H,(H3,7,8,9,10,11);(H2,1,2,3,4). The van der Waals surface area contributed by atoms with Crippen LogP contribution in [0.25, 0.3) is 11.2 Å². The largest absolute Gasteiger partial charge is 0.394 e. The number of halogens is 1. The summed E-state index contributed by atoms with van der Waals surface area (Å²) in [5.74, 6) is 0.250. The lowest BCUT2D eigenvalue weighted by atomic mass is 10.6. The fourth-order valence-corrected chi connectivity index (χ4v) is 1.31. The highest BCUT2D eigenvalue weighted by atomic mass is 127. The molecule has 0 atom stereocenters. The van der Waals surface area contributed by atoms with Crippen molar-refractivity contribution in [3.63, 3.8) is 0 Å². The second-order valence-corrected chi connectivity index (χ2v) is 4.36. The summed E-state index contributed by atoms with van der Waals surface area (Å²) in [7, 11) is -4.67. The zero-order valence-corrected chi connectivity index (χ0v) is 10.5. The first-order valence-corrected chi connectivity index (χ1v) is 6.07. The van der Waals surface area contributed by atoms with Crippen LogP contribution in [0.5, 0.6) is 0 Å². The summed E-state index contributed by atoms with van der Waals surface area (Å²) in [5, 5.41) is 0. The third-order valence-corrected chi connectivity index (χ3v) is 1.74. The van der Waals surface area contributed by atoms with E-state index in [4.69, 9.17) is 23.3 Å². The number of nitrogens with zero attached hydrogens (tertiary/aromatic N) is 3. The lowest BCUT2D eigenvalue weighted by Crippen LogP contribution is -1.93. The van der Waals surface area contributed by atoms with E-state index in [1.807, 2.05) is 0 Å². The van der Waals surface area contributed by atoms with Gasteiger partial charge in [0.2, 0.25) is 5.95 Å². The van der Waals surface area contributed by atoms with Crippen molar-refractivity contribution in [1.82, 2.24) is 19.9 Å². The number of H-pyrrole nitrogens is 1. The highest BCUT2D eigenvalue weighted by Gasteiger charge is 2.00. The van der Waals surface area contributed by atoms with Gasteiger partial charge in [-0.2, -0.15) is 13.4 Å². The number of anilines is 1. The molecule has 0 saturated heterocycles. The molecule has 16 heavy (non-hydrogen) atoms. The topological polar surface area (TPSA) is 155 Å². The van der Waals surface area contributed by atoms with Crippen LogP contribution in [0.2, 0.25) is 0 Å². The van der Waals surface area contributed by atoms with Gasteiger partial charge in [-0.25, -0.2) is 9.97 Å². The molecule has 2 aromatic heterocycles. The summed E-state index contributed by atoms with van der Waals surface area (Å²) in [6.07, 6.45) is 1.62. The van der Waals surface area contributed by atoms with Gasteiger partial charge in [0.1, 0.15) is 5.52 Å². The lowest BCUT2D eigenvalue weighted by Gasteiger charge is -1.87. The van der Waals surface area contributed by atoms with Gasteiger partial charge in [-0.05, 0) is 22.6 Å². The maximum Gasteiger partial charge on any atom is 0.394 e. The normalized spacial score (nSPS) is 10.9. The van der Waals surface area contributed by atoms with Gasteiger partial charge in [0.25, 0.3) is 0 Å². The number of imidazole rings is 1. The van der Waals surface area contributed by atoms with Gasteiger partial charge in [0, 0.05) is 0 Å². The highest BCUT2D eigenvalue weighted by Crippen LogP contribution is 2.09. The fourth-order valence-electron chi connectivity index (χ4n) is 0.791. The quantitative estimate of drug-likeness (QED) is 0.288. The number of nitrogens with two attached hydrogens (primary N) is 1. The minimum atomic E-state index is -4.67. The Morgan fingerprint density at radius 2 is 1.94 bits per heavy atom. The van der Waals surface area contributed by atoms with Crippen molar-refractivity contribution >= 4 is 50.1 Å². The van der Waals surface area contributed by atoms with E-state index >= 15 is 0 Å². The minimum Gasteiger partial charge on any atom is -0.368 e. The summed E-state index contributed by atoms with van der Waals surface area (Å²) in [5.41, 5.74) is 6.78. The van der Waals surface area contributed by atoms with Gasteiger partial charge in [-0.1, -0.05) is 0 Å². The number of nitrogens with one attached hydrogen (secondary N) is 1. The van der Waals surface area contributed by atoms with Crippen molar-refractivity contribution in [3.8, 4) is 0 Å². The Labute approximate surface area is 103 Å². The number of aromatic nitrogens is 4. The summed E-state index contributed by atoms with van der Waals surface area (Å²) >= 11 is 2.07. The van der Waals surface area contributed by atoms with Crippen LogP contribution in [-0.4, -0.2) is 37.5 Å². The zero-order valence-electron chi connectivity index (χ0n) is 7.49. The van der Waals surface area contributed by atoms with Crippen LogP contribution < -0.4 is 5.73 Å². The van der Waals surface area contributed by atoms with Crippen LogP contribution in [0.4, 0.5) is 5.95 Å². The molecule has 0 aliphatic carbocycles. The van der Waals surface area contributed by atoms with Crippen molar-refractivity contribution in [2.24, 2.45) is 0 Å². The monoisotopic (exact) mass is 359 g/mol. The molecule has 0 unspecified atom stereocenters. The van der Waals surface area contributed by atoms with Gasteiger partial charge < -0.3 is 10.7 Å². The molecule has 0 fully saturated rings. The Kier molecular flexibility index (Phi) is 3.95. The Morgan fingerprint density at radius 3 is 2.50 bits per heavy atom. The third kappa shape index (κ3) is 4.65. The molecular formula is C5H6IN5O4S. The minimum absolute atomic E-state index is 0.250. The fraction of sp³-hybridized carbons (Fsp3) is 0. The molecule has 2 aromatic rings. The summed E-state index contributed by atoms with van der Waals surface area (Å²) in [6, 6.07) is 0. The van der Waals surface area contributed by atoms with E-state index in [0.29, 0.717) is 5.65 Å². The van der Waals surface area contributed by atoms with Crippen molar-refractivity contribution in [1.29, 1.82) is 0 Å². The Hall–Kier alpha value is -1.05. The molecule has 0 saturated carbocycles. The number of nitrogen functional groups attached to an aromatic ring is 1. The summed E-state index contributed by atoms with van der Waals surface area (Å²) in [4.78, 5) is 14.8. The Bertz CT molecular complexity index is 588. The predicted octanol–water partition coefficient (Wildman–Crippen LogP) is -0.113. The molecule has 2 rings (SSSR count). The van der Waals surface area contributed by atoms with Crippen LogP contribution in [0, 0.1) is 3.83 Å². The van der Waals surface area contributed by atoms with Crippen LogP contribution in [0.15, 0.2) is 6.20 Å². The first-order valence-electron chi connectivity index (χ1n) is 3.59. The van der Waals surface area contributed by atoms with Gasteiger partial charge in [0.05, 0.1) is 6.20 Å². The van der Waals surface area contributed by atoms with Crippen molar-refractivity contribution in [2.75, 3.05) is 5.73 Å². The molecule has 9 nitrogen and oxygen atoms in total. The van der Waals surface area contributed by atoms with E-state index in [-0.39, 0.29) is 5.95 Å². The SMILES string of the molecule is Nc1ncc2[nH]c(I)nc2n1.O=S(=O)(O)O. The Morgan fingerprint density at radius 1 is 1.38 bits per heavy atom. The molecule has 0 aromatic carbocycles. The molecule has 0 spiro atoms. The molecule has 0 aliphatic heterocycles. The molecule has 5 N–H and O–H groups in total. The van der Waals surface area contributed by atoms with Crippen molar-refractivity contribution in [3.05, 3.63) is 10.0 Å². The number of hydrogen-bond acceptors (Lipinski definition) is 6. The molecule has 0 radical (unpaired) electrons. The molecule has 0 amide bonds. The second-order valence-electron chi connectivity index (χ2n) is 2.44. The highest BCUT2D eigenvalue weighted by molar-refractivity contribution is 14.1. The average molecular weight is 359 g/mol. The smallest absolute Gasteiger partial charge is 0.368 e. The van der Waals surface area contributed by atoms with Gasteiger partial charge in [0.15, 0.2) is 9.48 Å². The molecule has 0 bridgehead atoms. The molecule has 0 aliphatic rings. The maximum atomic E-state index is 8.74. The first-order chi connectivity index (χ1) is 7.25. The number of hydrogen-bond donors (Lipinski definition) is 4. The Balaban J connectivity index is 0.000000221. The first kappa shape index (κ1) is 13.0. The lowest BCUT2D eigenvalue weighted by molar-refractivity contribution is 0.381. The predicted molar refractivity (Wildman–Crippen MR) is 63.0 cm³/mol. The average Bonchev–Trinajstić information content (AvgIpc) is 2.40. The van der Waals surface area contributed by atoms with Crippen LogP contribution in [0.3, 0.4) is 0 Å². The number of fused-ring (bicyclic) bond motifs is 1. The maximum absolute atomic E-state index is 8.74. The van der Waals surface area contributed by atoms with E-state index in [9.17, 15) is 0 Å². The van der Waals surface area contributed by atoms with E-state index in [1.165, 1.54) is 0 Å². The van der Waals surface area contributed by atoms with E-state index in [0.717, 1.165) is 9.35 Å². The van der Waals surface area contributed by atoms with E-state index in [2.05, 4.69) is 42.5 Å². The summed E-state index contributed by atoms with van der Waals surface area (Å²) in [6.45, 7) is 0. The zero-order chi connectivity index (χ0) is 12.3. The van der Waals surface area contributed by atoms with Gasteiger partial charge in [-0.15, -0.1) is 0 Å². The second kappa shape index (κ2) is 4.86. The molecule has 2 heterocycles. The third-order valence-electron chi connectivity index (χ3n) is 1.23. The number of aromatic amines is 1. The van der Waals surface area contributed by atoms with Gasteiger partial charge in [-0.3, -0.25) is 9.11 Å². The van der Waals surface area contributed by atoms with Crippen LogP contribution in [-0.2, 0) is 10.4 Å². The van der Waals surface area contributed by atoms with Gasteiger partial charge >= 0.3 is 10.4 Å². The van der Waals surface area contributed by atoms with Crippen molar-refractivity contribution in [2.45, 2.75) is 0 Å². The molecular weight excluding hydrogens is 353 g/mol. The van der Waals surface area contributed by atoms with Crippen molar-refractivity contribution < 1.29 is 17.5 Å². The molecule has 11 heteroatoms. The van der Waals surface area contributed by atoms with E-state index in [1.54, 1.807) is 6.20 Å². The summed E-state index contributed by atoms with van der Waals surface area (Å²) < 4.78 is 32.4.